The van der Waals surface area contributed by atoms with Crippen LogP contribution in [-0.4, -0.2) is 32.2 Å². The van der Waals surface area contributed by atoms with E-state index in [2.05, 4.69) is 5.32 Å². The Morgan fingerprint density at radius 1 is 1.11 bits per heavy atom. The minimum atomic E-state index is -0.634. The topological polar surface area (TPSA) is 73.9 Å². The number of carbonyl (C=O) groups is 2. The summed E-state index contributed by atoms with van der Waals surface area (Å²) >= 11 is 6.03. The molecule has 0 heterocycles. The summed E-state index contributed by atoms with van der Waals surface area (Å²) in [6.07, 6.45) is 0. The van der Waals surface area contributed by atoms with Crippen molar-refractivity contribution in [2.45, 2.75) is 20.8 Å². The first-order chi connectivity index (χ1) is 13.3. The lowest BCUT2D eigenvalue weighted by atomic mass is 10.2. The third kappa shape index (κ3) is 6.16. The molecule has 0 saturated carbocycles. The third-order valence-corrected chi connectivity index (χ3v) is 4.17. The van der Waals surface area contributed by atoms with Crippen molar-refractivity contribution in [3.63, 3.8) is 0 Å². The Morgan fingerprint density at radius 2 is 1.86 bits per heavy atom. The summed E-state index contributed by atoms with van der Waals surface area (Å²) < 4.78 is 16.0. The van der Waals surface area contributed by atoms with Gasteiger partial charge in [0, 0.05) is 10.7 Å². The zero-order valence-corrected chi connectivity index (χ0v) is 17.1. The van der Waals surface area contributed by atoms with Crippen molar-refractivity contribution in [3.05, 3.63) is 52.5 Å². The van der Waals surface area contributed by atoms with Crippen LogP contribution in [-0.2, 0) is 9.53 Å². The molecule has 0 unspecified atom stereocenters. The van der Waals surface area contributed by atoms with Gasteiger partial charge >= 0.3 is 5.97 Å². The summed E-state index contributed by atoms with van der Waals surface area (Å²) in [5.74, 6) is 0.231. The predicted octanol–water partition coefficient (Wildman–Crippen LogP) is 4.49. The quantitative estimate of drug-likeness (QED) is 0.655. The van der Waals surface area contributed by atoms with Gasteiger partial charge in [0.25, 0.3) is 5.91 Å². The Labute approximate surface area is 169 Å². The fraction of sp³-hybridized carbons (Fsp3) is 0.333. The van der Waals surface area contributed by atoms with Crippen molar-refractivity contribution in [1.29, 1.82) is 0 Å². The number of benzene rings is 2. The number of halogens is 1. The number of anilines is 1. The van der Waals surface area contributed by atoms with Crippen molar-refractivity contribution in [2.75, 3.05) is 25.6 Å². The van der Waals surface area contributed by atoms with Crippen LogP contribution >= 0.6 is 11.6 Å². The molecule has 28 heavy (non-hydrogen) atoms. The van der Waals surface area contributed by atoms with Gasteiger partial charge in [-0.05, 0) is 48.7 Å². The van der Waals surface area contributed by atoms with Gasteiger partial charge in [-0.2, -0.15) is 0 Å². The second-order valence-corrected chi connectivity index (χ2v) is 7.07. The highest BCUT2D eigenvalue weighted by atomic mass is 35.5. The molecule has 2 aromatic carbocycles. The molecule has 1 N–H and O–H groups in total. The molecule has 0 aliphatic heterocycles. The Bertz CT molecular complexity index is 851. The number of aryl methyl sites for hydroxylation is 1. The fourth-order valence-electron chi connectivity index (χ4n) is 2.25. The van der Waals surface area contributed by atoms with E-state index < -0.39 is 18.5 Å². The number of hydrogen-bond acceptors (Lipinski definition) is 5. The van der Waals surface area contributed by atoms with E-state index in [0.717, 1.165) is 5.56 Å². The molecular formula is C21H24ClNO5. The van der Waals surface area contributed by atoms with Crippen molar-refractivity contribution in [3.8, 4) is 11.5 Å². The molecule has 7 heteroatoms. The van der Waals surface area contributed by atoms with Crippen LogP contribution < -0.4 is 14.8 Å². The second kappa shape index (κ2) is 9.99. The summed E-state index contributed by atoms with van der Waals surface area (Å²) in [4.78, 5) is 24.2. The van der Waals surface area contributed by atoms with Gasteiger partial charge in [-0.3, -0.25) is 4.79 Å². The number of amides is 1. The van der Waals surface area contributed by atoms with Crippen LogP contribution in [0.2, 0.25) is 5.02 Å². The normalized spacial score (nSPS) is 10.5. The molecule has 0 fully saturated rings. The van der Waals surface area contributed by atoms with Crippen LogP contribution in [0.5, 0.6) is 11.5 Å². The first-order valence-corrected chi connectivity index (χ1v) is 9.22. The van der Waals surface area contributed by atoms with E-state index >= 15 is 0 Å². The lowest BCUT2D eigenvalue weighted by Gasteiger charge is -2.13. The lowest BCUT2D eigenvalue weighted by molar-refractivity contribution is -0.119. The largest absolute Gasteiger partial charge is 0.493 e. The number of rotatable bonds is 8. The molecule has 6 nitrogen and oxygen atoms in total. The lowest BCUT2D eigenvalue weighted by Crippen LogP contribution is -2.21. The molecule has 0 spiro atoms. The van der Waals surface area contributed by atoms with Crippen LogP contribution in [0.3, 0.4) is 0 Å². The zero-order valence-electron chi connectivity index (χ0n) is 16.4. The molecule has 0 aliphatic carbocycles. The monoisotopic (exact) mass is 405 g/mol. The van der Waals surface area contributed by atoms with Gasteiger partial charge in [0.1, 0.15) is 0 Å². The number of ether oxygens (including phenoxy) is 3. The highest BCUT2D eigenvalue weighted by molar-refractivity contribution is 6.31. The molecule has 0 radical (unpaired) electrons. The molecule has 0 saturated heterocycles. The van der Waals surface area contributed by atoms with Gasteiger partial charge in [0.2, 0.25) is 0 Å². The van der Waals surface area contributed by atoms with Gasteiger partial charge < -0.3 is 19.5 Å². The van der Waals surface area contributed by atoms with Crippen LogP contribution in [0.4, 0.5) is 5.69 Å². The number of methoxy groups -OCH3 is 1. The van der Waals surface area contributed by atoms with Gasteiger partial charge in [0.15, 0.2) is 18.1 Å². The smallest absolute Gasteiger partial charge is 0.338 e. The standard InChI is InChI=1S/C21H24ClNO5/c1-13(2)11-27-18-8-6-15(9-19(18)26-4)21(25)28-12-20(24)23-16-7-5-14(3)17(22)10-16/h5-10,13H,11-12H2,1-4H3,(H,23,24). The molecule has 1 amide bonds. The maximum atomic E-state index is 12.2. The third-order valence-electron chi connectivity index (χ3n) is 3.76. The fourth-order valence-corrected chi connectivity index (χ4v) is 2.43. The Hall–Kier alpha value is -2.73. The van der Waals surface area contributed by atoms with Gasteiger partial charge in [-0.15, -0.1) is 0 Å². The number of nitrogens with one attached hydrogen (secondary N) is 1. The van der Waals surface area contributed by atoms with Gasteiger partial charge in [-0.25, -0.2) is 4.79 Å². The number of esters is 1. The maximum absolute atomic E-state index is 12.2. The summed E-state index contributed by atoms with van der Waals surface area (Å²) in [7, 11) is 1.49. The van der Waals surface area contributed by atoms with Crippen LogP contribution in [0, 0.1) is 12.8 Å². The molecule has 2 rings (SSSR count). The van der Waals surface area contributed by atoms with Crippen LogP contribution in [0.25, 0.3) is 0 Å². The molecular weight excluding hydrogens is 382 g/mol. The summed E-state index contributed by atoms with van der Waals surface area (Å²) in [5.41, 5.74) is 1.70. The highest BCUT2D eigenvalue weighted by Gasteiger charge is 2.14. The molecule has 0 aliphatic rings. The van der Waals surface area contributed by atoms with E-state index in [-0.39, 0.29) is 5.56 Å². The maximum Gasteiger partial charge on any atom is 0.338 e. The summed E-state index contributed by atoms with van der Waals surface area (Å²) in [5, 5.41) is 3.17. The van der Waals surface area contributed by atoms with Crippen molar-refractivity contribution in [2.24, 2.45) is 5.92 Å². The van der Waals surface area contributed by atoms with Crippen molar-refractivity contribution in [1.82, 2.24) is 0 Å². The van der Waals surface area contributed by atoms with Gasteiger partial charge in [-0.1, -0.05) is 31.5 Å². The van der Waals surface area contributed by atoms with E-state index in [0.29, 0.717) is 34.7 Å². The molecule has 0 bridgehead atoms. The summed E-state index contributed by atoms with van der Waals surface area (Å²) in [6, 6.07) is 9.89. The molecule has 0 atom stereocenters. The number of carbonyl (C=O) groups excluding carboxylic acids is 2. The molecule has 0 aromatic heterocycles. The van der Waals surface area contributed by atoms with Crippen LogP contribution in [0.1, 0.15) is 29.8 Å². The Balaban J connectivity index is 1.94. The van der Waals surface area contributed by atoms with E-state index in [9.17, 15) is 9.59 Å². The predicted molar refractivity (Wildman–Crippen MR) is 108 cm³/mol. The Morgan fingerprint density at radius 3 is 2.50 bits per heavy atom. The minimum Gasteiger partial charge on any atom is -0.493 e. The second-order valence-electron chi connectivity index (χ2n) is 6.66. The average molecular weight is 406 g/mol. The van der Waals surface area contributed by atoms with E-state index in [1.165, 1.54) is 13.2 Å². The summed E-state index contributed by atoms with van der Waals surface area (Å²) in [6.45, 7) is 6.05. The van der Waals surface area contributed by atoms with Crippen LogP contribution in [0.15, 0.2) is 36.4 Å². The molecule has 2 aromatic rings. The SMILES string of the molecule is COc1cc(C(=O)OCC(=O)Nc2ccc(C)c(Cl)c2)ccc1OCC(C)C. The van der Waals surface area contributed by atoms with E-state index in [1.54, 1.807) is 30.3 Å². The van der Waals surface area contributed by atoms with Crippen molar-refractivity contribution >= 4 is 29.2 Å². The van der Waals surface area contributed by atoms with Crippen molar-refractivity contribution < 1.29 is 23.8 Å². The average Bonchev–Trinajstić information content (AvgIpc) is 2.67. The van der Waals surface area contributed by atoms with E-state index in [4.69, 9.17) is 25.8 Å². The first kappa shape index (κ1) is 21.6. The molecule has 150 valence electrons. The highest BCUT2D eigenvalue weighted by Crippen LogP contribution is 2.28. The minimum absolute atomic E-state index is 0.264. The van der Waals surface area contributed by atoms with Gasteiger partial charge in [0.05, 0.1) is 19.3 Å². The first-order valence-electron chi connectivity index (χ1n) is 8.84. The zero-order chi connectivity index (χ0) is 20.7. The Kier molecular flexibility index (Phi) is 7.70. The number of hydrogen-bond donors (Lipinski definition) is 1. The van der Waals surface area contributed by atoms with E-state index in [1.807, 2.05) is 20.8 Å².